The second-order valence-electron chi connectivity index (χ2n) is 19.1. The predicted octanol–water partition coefficient (Wildman–Crippen LogP) is 4.56. The Balaban J connectivity index is 1.28. The molecule has 12 aliphatic heterocycles. The molecule has 0 radical (unpaired) electrons. The molecular formula is C28H48FeN4P2. The third-order valence-corrected chi connectivity index (χ3v) is 69.7. The second kappa shape index (κ2) is 2.72. The van der Waals surface area contributed by atoms with Gasteiger partial charge in [0.05, 0.1) is 0 Å². The number of hydrogen-bond donors (Lipinski definition) is 4. The third kappa shape index (κ3) is 0.394. The van der Waals surface area contributed by atoms with E-state index in [1.165, 1.54) is 35.1 Å². The molecule has 198 valence electrons. The Bertz CT molecular complexity index is 1540. The second-order valence-corrected chi connectivity index (χ2v) is 43.1. The van der Waals surface area contributed by atoms with E-state index in [0.717, 1.165) is 47.9 Å². The molecule has 9 unspecified atom stereocenters. The summed E-state index contributed by atoms with van der Waals surface area (Å²) < 4.78 is 2.87. The molecule has 7 heteroatoms. The molecule has 0 aromatic rings. The Morgan fingerprint density at radius 1 is 0.743 bits per heavy atom. The van der Waals surface area contributed by atoms with Crippen LogP contribution in [0.3, 0.4) is 0 Å². The van der Waals surface area contributed by atoms with Gasteiger partial charge in [0.25, 0.3) is 0 Å². The van der Waals surface area contributed by atoms with Crippen molar-refractivity contribution in [1.29, 1.82) is 0 Å². The van der Waals surface area contributed by atoms with Gasteiger partial charge in [0.15, 0.2) is 0 Å². The Kier molecular flexibility index (Phi) is 1.56. The average Bonchev–Trinajstić information content (AvgIpc) is 3.77. The fourth-order valence-electron chi connectivity index (χ4n) is 26.8. The topological polar surface area (TPSA) is 48.1 Å². The monoisotopic (exact) mass is 558 g/mol. The van der Waals surface area contributed by atoms with Crippen molar-refractivity contribution in [3.63, 3.8) is 0 Å². The number of fused-ring (bicyclic) bond motifs is 10. The van der Waals surface area contributed by atoms with Crippen LogP contribution in [-0.4, -0.2) is 62.7 Å². The van der Waals surface area contributed by atoms with E-state index < -0.39 is 6.51 Å². The summed E-state index contributed by atoms with van der Waals surface area (Å²) in [6.07, 6.45) is 1.45. The standard InChI is InChI=1S/C23H43N4P2.C5H5.Fe/c1-21(2,3)16-11-15(14-28)19(20(16)22(4,5)6)23(29,17-12-24-7-9-26-17)18-13-25-8-10-27-18;1-2-4-5-3-1;/h11,17-18,24-27H,7-10,12-14,28-29H2,1-6H3;1-5H;. The van der Waals surface area contributed by atoms with Crippen LogP contribution >= 0.6 is 18.5 Å². The molecule has 4 nitrogen and oxygen atoms in total. The quantitative estimate of drug-likeness (QED) is 0.302. The van der Waals surface area contributed by atoms with Crippen LogP contribution in [-0.2, 0) is 6.51 Å². The number of nitrogens with one attached hydrogen (secondary N) is 4. The maximum absolute atomic E-state index is 4.22. The zero-order valence-corrected chi connectivity index (χ0v) is 26.0. The molecule has 12 aliphatic rings. The van der Waals surface area contributed by atoms with Crippen molar-refractivity contribution in [3.8, 4) is 0 Å². The van der Waals surface area contributed by atoms with Crippen molar-refractivity contribution in [3.05, 3.63) is 0 Å². The van der Waals surface area contributed by atoms with Crippen LogP contribution in [0.25, 0.3) is 0 Å². The van der Waals surface area contributed by atoms with E-state index in [1.807, 2.05) is 0 Å². The van der Waals surface area contributed by atoms with Gasteiger partial charge in [-0.1, -0.05) is 0 Å². The zero-order valence-electron chi connectivity index (χ0n) is 22.6. The van der Waals surface area contributed by atoms with E-state index in [9.17, 15) is 0 Å². The molecule has 12 rings (SSSR count). The summed E-state index contributed by atoms with van der Waals surface area (Å²) in [5, 5.41) is 16.5. The first-order valence-electron chi connectivity index (χ1n) is 14.8. The molecular weight excluding hydrogens is 510 g/mol. The van der Waals surface area contributed by atoms with Crippen molar-refractivity contribution < 1.29 is 6.51 Å². The van der Waals surface area contributed by atoms with Crippen molar-refractivity contribution in [2.45, 2.75) is 105 Å². The Morgan fingerprint density at radius 3 is 1.54 bits per heavy atom. The van der Waals surface area contributed by atoms with Crippen LogP contribution in [0.1, 0.15) is 41.5 Å². The molecule has 1 spiro atoms. The van der Waals surface area contributed by atoms with Crippen LogP contribution in [0.4, 0.5) is 0 Å². The molecule has 0 aromatic heterocycles. The van der Waals surface area contributed by atoms with Gasteiger partial charge >= 0.3 is 207 Å². The van der Waals surface area contributed by atoms with Crippen molar-refractivity contribution in [2.24, 2.45) is 10.8 Å². The van der Waals surface area contributed by atoms with Gasteiger partial charge in [-0.2, -0.15) is 0 Å². The molecule has 0 bridgehead atoms. The first kappa shape index (κ1) is 20.1. The summed E-state index contributed by atoms with van der Waals surface area (Å²) in [7, 11) is 7.31. The fourth-order valence-corrected chi connectivity index (χ4v) is 122. The summed E-state index contributed by atoms with van der Waals surface area (Å²) in [6, 6.07) is 1.14. The molecule has 12 heterocycles. The number of piperazine rings is 2. The van der Waals surface area contributed by atoms with Crippen molar-refractivity contribution >= 4 is 18.5 Å². The van der Waals surface area contributed by atoms with Crippen LogP contribution in [0, 0.1) is 10.8 Å². The van der Waals surface area contributed by atoms with Crippen molar-refractivity contribution in [2.75, 3.05) is 45.4 Å². The molecule has 9 atom stereocenters. The Hall–Kier alpha value is 1.22. The summed E-state index contributed by atoms with van der Waals surface area (Å²) in [5.41, 5.74) is 0.908. The first-order valence-corrected chi connectivity index (χ1v) is 22.2. The van der Waals surface area contributed by atoms with Gasteiger partial charge in [0.2, 0.25) is 0 Å². The molecule has 0 amide bonds. The van der Waals surface area contributed by atoms with Gasteiger partial charge in [-0.05, 0) is 0 Å². The predicted molar refractivity (Wildman–Crippen MR) is 149 cm³/mol. The van der Waals surface area contributed by atoms with E-state index in [-0.39, 0.29) is 5.16 Å². The van der Waals surface area contributed by atoms with Crippen molar-refractivity contribution in [1.82, 2.24) is 21.3 Å². The molecule has 0 aliphatic carbocycles. The summed E-state index contributed by atoms with van der Waals surface area (Å²) in [4.78, 5) is 7.51. The normalized spacial score (nSPS) is 82.9. The molecule has 35 heavy (non-hydrogen) atoms. The first-order chi connectivity index (χ1) is 16.2. The van der Waals surface area contributed by atoms with Gasteiger partial charge in [0, 0.05) is 0 Å². The van der Waals surface area contributed by atoms with Gasteiger partial charge in [-0.15, -0.1) is 0 Å². The van der Waals surface area contributed by atoms with Crippen LogP contribution < -0.4 is 21.3 Å². The zero-order chi connectivity index (χ0) is 24.2. The molecule has 12 saturated heterocycles. The average molecular weight is 559 g/mol. The van der Waals surface area contributed by atoms with E-state index in [4.69, 9.17) is 0 Å². The van der Waals surface area contributed by atoms with Gasteiger partial charge in [-0.25, -0.2) is 0 Å². The number of hydrogen-bond acceptors (Lipinski definition) is 4. The Morgan fingerprint density at radius 2 is 1.23 bits per heavy atom. The molecule has 0 saturated carbocycles. The SMILES string of the molecule is CC(C)(C)[C]12[CH]3[C]4(CP)[C]5(C(P)(C6CNCCN6)C6CNCCN6)[C]1(C(C)(C)C)[Fe]34251678[CH]2[CH]1[CH]6[CH]7[CH]28. The maximum atomic E-state index is 4.22. The third-order valence-electron chi connectivity index (χ3n) is 21.7. The van der Waals surface area contributed by atoms with Crippen LogP contribution in [0.2, 0.25) is 46.2 Å². The summed E-state index contributed by atoms with van der Waals surface area (Å²) in [5.74, 6) is 0. The van der Waals surface area contributed by atoms with Crippen LogP contribution in [0.5, 0.6) is 0 Å². The Labute approximate surface area is 206 Å². The van der Waals surface area contributed by atoms with E-state index in [2.05, 4.69) is 81.3 Å². The summed E-state index contributed by atoms with van der Waals surface area (Å²) in [6.45, 7) is 19.2. The van der Waals surface area contributed by atoms with Gasteiger partial charge in [0.1, 0.15) is 0 Å². The van der Waals surface area contributed by atoms with Gasteiger partial charge in [-0.3, -0.25) is 0 Å². The summed E-state index contributed by atoms with van der Waals surface area (Å²) >= 11 is 0. The minimum absolute atomic E-state index is 0.260. The molecule has 12 fully saturated rings. The van der Waals surface area contributed by atoms with E-state index in [1.54, 1.807) is 0 Å². The van der Waals surface area contributed by atoms with E-state index in [0.29, 0.717) is 31.5 Å². The molecule has 4 N–H and O–H groups in total. The number of rotatable bonds is 4. The fraction of sp³-hybridized carbons (Fsp3) is 1.00. The van der Waals surface area contributed by atoms with E-state index >= 15 is 0 Å². The van der Waals surface area contributed by atoms with Crippen LogP contribution in [0.15, 0.2) is 0 Å². The molecule has 0 aromatic carbocycles. The van der Waals surface area contributed by atoms with Gasteiger partial charge < -0.3 is 0 Å². The minimum atomic E-state index is -4.18.